The molecule has 0 spiro atoms. The minimum atomic E-state index is -0.0564. The van der Waals surface area contributed by atoms with Crippen LogP contribution in [0.4, 0.5) is 0 Å². The normalized spacial score (nSPS) is 21.8. The average Bonchev–Trinajstić information content (AvgIpc) is 2.67. The molecule has 0 aromatic heterocycles. The molecule has 3 nitrogen and oxygen atoms in total. The van der Waals surface area contributed by atoms with Crippen LogP contribution in [0.5, 0.6) is 5.75 Å². The zero-order valence-electron chi connectivity index (χ0n) is 10.6. The van der Waals surface area contributed by atoms with Gasteiger partial charge in [-0.15, -0.1) is 0 Å². The Morgan fingerprint density at radius 1 is 1.56 bits per heavy atom. The molecule has 1 atom stereocenters. The number of hydrogen-bond donors (Lipinski definition) is 0. The van der Waals surface area contributed by atoms with E-state index in [1.165, 1.54) is 0 Å². The van der Waals surface area contributed by atoms with Gasteiger partial charge in [-0.05, 0) is 44.9 Å². The number of ether oxygens (including phenoxy) is 2. The van der Waals surface area contributed by atoms with Crippen molar-refractivity contribution < 1.29 is 14.3 Å². The van der Waals surface area contributed by atoms with Crippen LogP contribution < -0.4 is 4.74 Å². The first-order valence-corrected chi connectivity index (χ1v) is 6.43. The molecule has 18 heavy (non-hydrogen) atoms. The van der Waals surface area contributed by atoms with Gasteiger partial charge in [0.15, 0.2) is 0 Å². The fraction of sp³-hybridized carbons (Fsp3) is 0.500. The Morgan fingerprint density at radius 2 is 2.33 bits per heavy atom. The minimum Gasteiger partial charge on any atom is -0.489 e. The minimum absolute atomic E-state index is 0.0564. The number of rotatable bonds is 4. The van der Waals surface area contributed by atoms with E-state index in [1.807, 2.05) is 0 Å². The van der Waals surface area contributed by atoms with Crippen molar-refractivity contribution in [3.8, 4) is 5.75 Å². The van der Waals surface area contributed by atoms with Gasteiger partial charge in [-0.2, -0.15) is 0 Å². The molecule has 0 saturated carbocycles. The quantitative estimate of drug-likeness (QED) is 0.784. The van der Waals surface area contributed by atoms with Crippen molar-refractivity contribution >= 4 is 17.9 Å². The van der Waals surface area contributed by atoms with E-state index in [0.717, 1.165) is 19.1 Å². The highest BCUT2D eigenvalue weighted by Gasteiger charge is 2.31. The summed E-state index contributed by atoms with van der Waals surface area (Å²) in [6.07, 6.45) is 2.91. The maximum Gasteiger partial charge on any atom is 0.150 e. The second-order valence-electron chi connectivity index (χ2n) is 5.16. The van der Waals surface area contributed by atoms with Gasteiger partial charge in [0.2, 0.25) is 0 Å². The zero-order chi connectivity index (χ0) is 13.2. The molecular weight excluding hydrogens is 252 g/mol. The monoisotopic (exact) mass is 268 g/mol. The molecule has 98 valence electrons. The Labute approximate surface area is 112 Å². The SMILES string of the molecule is CC1(C)CCC(COc2ccc(C=O)cc2Cl)O1. The maximum atomic E-state index is 10.6. The van der Waals surface area contributed by atoms with E-state index in [2.05, 4.69) is 13.8 Å². The number of aldehydes is 1. The van der Waals surface area contributed by atoms with Crippen LogP contribution in [0.25, 0.3) is 0 Å². The average molecular weight is 269 g/mol. The molecule has 0 N–H and O–H groups in total. The van der Waals surface area contributed by atoms with Crippen molar-refractivity contribution in [1.29, 1.82) is 0 Å². The molecule has 0 amide bonds. The first-order chi connectivity index (χ1) is 8.50. The van der Waals surface area contributed by atoms with Crippen LogP contribution in [0.3, 0.4) is 0 Å². The van der Waals surface area contributed by atoms with Crippen molar-refractivity contribution in [2.45, 2.75) is 38.4 Å². The molecule has 1 saturated heterocycles. The lowest BCUT2D eigenvalue weighted by Gasteiger charge is -2.19. The Morgan fingerprint density at radius 3 is 2.89 bits per heavy atom. The van der Waals surface area contributed by atoms with E-state index in [-0.39, 0.29) is 11.7 Å². The summed E-state index contributed by atoms with van der Waals surface area (Å²) in [4.78, 5) is 10.6. The smallest absolute Gasteiger partial charge is 0.150 e. The lowest BCUT2D eigenvalue weighted by molar-refractivity contribution is -0.0326. The van der Waals surface area contributed by atoms with Crippen LogP contribution in [0.2, 0.25) is 5.02 Å². The third kappa shape index (κ3) is 3.24. The van der Waals surface area contributed by atoms with E-state index in [4.69, 9.17) is 21.1 Å². The standard InChI is InChI=1S/C14H17ClO3/c1-14(2)6-5-11(18-14)9-17-13-4-3-10(8-16)7-12(13)15/h3-4,7-8,11H,5-6,9H2,1-2H3. The topological polar surface area (TPSA) is 35.5 Å². The summed E-state index contributed by atoms with van der Waals surface area (Å²) in [6, 6.07) is 5.00. The summed E-state index contributed by atoms with van der Waals surface area (Å²) >= 11 is 6.02. The van der Waals surface area contributed by atoms with Crippen LogP contribution in [0.1, 0.15) is 37.0 Å². The van der Waals surface area contributed by atoms with Gasteiger partial charge in [-0.3, -0.25) is 4.79 Å². The lowest BCUT2D eigenvalue weighted by Crippen LogP contribution is -2.23. The fourth-order valence-corrected chi connectivity index (χ4v) is 2.33. The van der Waals surface area contributed by atoms with Gasteiger partial charge < -0.3 is 9.47 Å². The van der Waals surface area contributed by atoms with Gasteiger partial charge >= 0.3 is 0 Å². The molecule has 1 heterocycles. The molecule has 2 rings (SSSR count). The van der Waals surface area contributed by atoms with E-state index < -0.39 is 0 Å². The number of carbonyl (C=O) groups excluding carboxylic acids is 1. The van der Waals surface area contributed by atoms with Crippen molar-refractivity contribution in [2.75, 3.05) is 6.61 Å². The zero-order valence-corrected chi connectivity index (χ0v) is 11.4. The van der Waals surface area contributed by atoms with E-state index >= 15 is 0 Å². The van der Waals surface area contributed by atoms with Crippen molar-refractivity contribution in [3.05, 3.63) is 28.8 Å². The molecule has 1 unspecified atom stereocenters. The van der Waals surface area contributed by atoms with Crippen LogP contribution in [-0.4, -0.2) is 24.6 Å². The third-order valence-corrected chi connectivity index (χ3v) is 3.37. The summed E-state index contributed by atoms with van der Waals surface area (Å²) in [5.74, 6) is 0.593. The van der Waals surface area contributed by atoms with Crippen molar-refractivity contribution in [2.24, 2.45) is 0 Å². The first-order valence-electron chi connectivity index (χ1n) is 6.05. The summed E-state index contributed by atoms with van der Waals surface area (Å²) in [5, 5.41) is 0.455. The highest BCUT2D eigenvalue weighted by Crippen LogP contribution is 2.31. The van der Waals surface area contributed by atoms with Gasteiger partial charge in [0, 0.05) is 5.56 Å². The second-order valence-corrected chi connectivity index (χ2v) is 5.56. The van der Waals surface area contributed by atoms with Crippen LogP contribution in [0.15, 0.2) is 18.2 Å². The number of hydrogen-bond acceptors (Lipinski definition) is 3. The Bertz CT molecular complexity index is 443. The van der Waals surface area contributed by atoms with Gasteiger partial charge in [0.1, 0.15) is 18.6 Å². The summed E-state index contributed by atoms with van der Waals surface area (Å²) in [6.45, 7) is 4.65. The second kappa shape index (κ2) is 5.29. The number of carbonyl (C=O) groups is 1. The summed E-state index contributed by atoms with van der Waals surface area (Å²) in [5.41, 5.74) is 0.490. The first kappa shape index (κ1) is 13.4. The van der Waals surface area contributed by atoms with Gasteiger partial charge in [0.25, 0.3) is 0 Å². The Balaban J connectivity index is 1.93. The van der Waals surface area contributed by atoms with E-state index in [9.17, 15) is 4.79 Å². The summed E-state index contributed by atoms with van der Waals surface area (Å²) in [7, 11) is 0. The van der Waals surface area contributed by atoms with Crippen LogP contribution in [-0.2, 0) is 4.74 Å². The Kier molecular flexibility index (Phi) is 3.93. The Hall–Kier alpha value is -1.06. The summed E-state index contributed by atoms with van der Waals surface area (Å²) < 4.78 is 11.5. The maximum absolute atomic E-state index is 10.6. The van der Waals surface area contributed by atoms with E-state index in [1.54, 1.807) is 18.2 Å². The highest BCUT2D eigenvalue weighted by atomic mass is 35.5. The number of benzene rings is 1. The highest BCUT2D eigenvalue weighted by molar-refractivity contribution is 6.32. The third-order valence-electron chi connectivity index (χ3n) is 3.07. The largest absolute Gasteiger partial charge is 0.489 e. The number of halogens is 1. The molecular formula is C14H17ClO3. The molecule has 0 radical (unpaired) electrons. The van der Waals surface area contributed by atoms with Crippen molar-refractivity contribution in [1.82, 2.24) is 0 Å². The molecule has 1 aromatic rings. The van der Waals surface area contributed by atoms with Crippen LogP contribution >= 0.6 is 11.6 Å². The van der Waals surface area contributed by atoms with E-state index in [0.29, 0.717) is 22.9 Å². The molecule has 0 bridgehead atoms. The fourth-order valence-electron chi connectivity index (χ4n) is 2.09. The molecule has 1 aliphatic heterocycles. The van der Waals surface area contributed by atoms with Crippen LogP contribution in [0, 0.1) is 0 Å². The van der Waals surface area contributed by atoms with Gasteiger partial charge in [0.05, 0.1) is 16.7 Å². The molecule has 0 aliphatic carbocycles. The molecule has 4 heteroatoms. The van der Waals surface area contributed by atoms with Gasteiger partial charge in [-0.25, -0.2) is 0 Å². The van der Waals surface area contributed by atoms with Gasteiger partial charge in [-0.1, -0.05) is 11.6 Å². The predicted molar refractivity (Wildman–Crippen MR) is 70.5 cm³/mol. The lowest BCUT2D eigenvalue weighted by atomic mass is 10.1. The molecule has 1 fully saturated rings. The predicted octanol–water partition coefficient (Wildman–Crippen LogP) is 3.49. The van der Waals surface area contributed by atoms with Crippen molar-refractivity contribution in [3.63, 3.8) is 0 Å². The molecule has 1 aliphatic rings. The molecule has 1 aromatic carbocycles.